The van der Waals surface area contributed by atoms with Crippen LogP contribution in [0.3, 0.4) is 0 Å². The lowest BCUT2D eigenvalue weighted by Gasteiger charge is -2.26. The number of hydrogen-bond acceptors (Lipinski definition) is 2. The first kappa shape index (κ1) is 10.2. The van der Waals surface area contributed by atoms with Gasteiger partial charge in [0.25, 0.3) is 0 Å². The predicted octanol–water partition coefficient (Wildman–Crippen LogP) is 1.39. The minimum atomic E-state index is -0.0982. The van der Waals surface area contributed by atoms with Gasteiger partial charge in [-0.1, -0.05) is 6.07 Å². The molecule has 1 amide bonds. The monoisotopic (exact) mass is 204 g/mol. The number of carbonyl (C=O) groups excluding carboxylic acids is 1. The molecular weight excluding hydrogens is 188 g/mol. The van der Waals surface area contributed by atoms with Gasteiger partial charge in [-0.05, 0) is 50.1 Å². The maximum absolute atomic E-state index is 11.6. The van der Waals surface area contributed by atoms with Gasteiger partial charge in [0.05, 0.1) is 6.04 Å². The van der Waals surface area contributed by atoms with Gasteiger partial charge in [-0.15, -0.1) is 0 Å². The van der Waals surface area contributed by atoms with Crippen LogP contribution >= 0.6 is 0 Å². The summed E-state index contributed by atoms with van der Waals surface area (Å²) in [4.78, 5) is 11.6. The number of hydrogen-bond donors (Lipinski definition) is 2. The highest BCUT2D eigenvalue weighted by molar-refractivity contribution is 5.98. The molecule has 0 fully saturated rings. The third kappa shape index (κ3) is 1.75. The third-order valence-corrected chi connectivity index (χ3v) is 2.95. The van der Waals surface area contributed by atoms with Crippen molar-refractivity contribution in [2.45, 2.75) is 26.3 Å². The van der Waals surface area contributed by atoms with Gasteiger partial charge in [-0.25, -0.2) is 0 Å². The van der Waals surface area contributed by atoms with Gasteiger partial charge in [-0.2, -0.15) is 0 Å². The molecule has 1 heterocycles. The quantitative estimate of drug-likeness (QED) is 0.725. The Kier molecular flexibility index (Phi) is 2.49. The summed E-state index contributed by atoms with van der Waals surface area (Å²) in [5.41, 5.74) is 4.67. The van der Waals surface area contributed by atoms with E-state index in [1.54, 1.807) is 0 Å². The Balaban J connectivity index is 2.45. The number of anilines is 1. The van der Waals surface area contributed by atoms with E-state index in [4.69, 9.17) is 0 Å². The largest absolute Gasteiger partial charge is 0.324 e. The van der Waals surface area contributed by atoms with Gasteiger partial charge < -0.3 is 10.6 Å². The molecule has 1 atom stereocenters. The van der Waals surface area contributed by atoms with Crippen LogP contribution in [0.5, 0.6) is 0 Å². The average molecular weight is 204 g/mol. The first-order valence-corrected chi connectivity index (χ1v) is 5.20. The second-order valence-electron chi connectivity index (χ2n) is 4.14. The molecule has 0 saturated heterocycles. The van der Waals surface area contributed by atoms with E-state index in [1.807, 2.05) is 20.0 Å². The summed E-state index contributed by atoms with van der Waals surface area (Å²) in [7, 11) is 1.82. The highest BCUT2D eigenvalue weighted by atomic mass is 16.2. The zero-order valence-corrected chi connectivity index (χ0v) is 9.35. The van der Waals surface area contributed by atoms with Gasteiger partial charge in [0.2, 0.25) is 5.91 Å². The van der Waals surface area contributed by atoms with E-state index < -0.39 is 0 Å². The summed E-state index contributed by atoms with van der Waals surface area (Å²) in [5, 5.41) is 5.97. The fourth-order valence-electron chi connectivity index (χ4n) is 2.13. The molecule has 2 N–H and O–H groups in total. The smallest absolute Gasteiger partial charge is 0.241 e. The molecule has 1 unspecified atom stereocenters. The second-order valence-corrected chi connectivity index (χ2v) is 4.14. The minimum Gasteiger partial charge on any atom is -0.324 e. The SMILES string of the molecule is CNC1Cc2c(C)cc(C)cc2NC1=O. The highest BCUT2D eigenvalue weighted by Gasteiger charge is 2.25. The molecule has 80 valence electrons. The molecule has 1 aliphatic heterocycles. The molecule has 0 radical (unpaired) electrons. The highest BCUT2D eigenvalue weighted by Crippen LogP contribution is 2.27. The minimum absolute atomic E-state index is 0.0648. The molecule has 0 spiro atoms. The molecule has 1 aromatic rings. The van der Waals surface area contributed by atoms with E-state index in [0.717, 1.165) is 12.1 Å². The van der Waals surface area contributed by atoms with E-state index in [-0.39, 0.29) is 11.9 Å². The van der Waals surface area contributed by atoms with Crippen LogP contribution in [0.2, 0.25) is 0 Å². The first-order chi connectivity index (χ1) is 7.11. The van der Waals surface area contributed by atoms with Crippen molar-refractivity contribution < 1.29 is 4.79 Å². The number of likely N-dealkylation sites (N-methyl/N-ethyl adjacent to an activating group) is 1. The van der Waals surface area contributed by atoms with Crippen molar-refractivity contribution in [1.29, 1.82) is 0 Å². The van der Waals surface area contributed by atoms with E-state index >= 15 is 0 Å². The number of rotatable bonds is 1. The fraction of sp³-hybridized carbons (Fsp3) is 0.417. The van der Waals surface area contributed by atoms with Crippen LogP contribution in [0.4, 0.5) is 5.69 Å². The van der Waals surface area contributed by atoms with Crippen LogP contribution in [0.25, 0.3) is 0 Å². The Bertz CT molecular complexity index is 412. The Morgan fingerprint density at radius 1 is 1.40 bits per heavy atom. The van der Waals surface area contributed by atoms with Gasteiger partial charge in [0.1, 0.15) is 0 Å². The molecule has 1 aliphatic rings. The summed E-state index contributed by atoms with van der Waals surface area (Å²) in [6.07, 6.45) is 0.782. The fourth-order valence-corrected chi connectivity index (χ4v) is 2.13. The Labute approximate surface area is 89.9 Å². The number of fused-ring (bicyclic) bond motifs is 1. The normalized spacial score (nSPS) is 19.7. The lowest BCUT2D eigenvalue weighted by atomic mass is 9.93. The van der Waals surface area contributed by atoms with Crippen molar-refractivity contribution in [2.24, 2.45) is 0 Å². The molecular formula is C12H16N2O. The zero-order valence-electron chi connectivity index (χ0n) is 9.35. The summed E-state index contributed by atoms with van der Waals surface area (Å²) in [5.74, 6) is 0.0648. The molecule has 0 aromatic heterocycles. The molecule has 3 heteroatoms. The molecule has 0 bridgehead atoms. The number of amides is 1. The second kappa shape index (κ2) is 3.66. The van der Waals surface area contributed by atoms with E-state index in [0.29, 0.717) is 0 Å². The summed E-state index contributed by atoms with van der Waals surface area (Å²) < 4.78 is 0. The van der Waals surface area contributed by atoms with Crippen LogP contribution in [0, 0.1) is 13.8 Å². The Morgan fingerprint density at radius 2 is 2.13 bits per heavy atom. The summed E-state index contributed by atoms with van der Waals surface area (Å²) in [6, 6.07) is 4.09. The maximum Gasteiger partial charge on any atom is 0.241 e. The average Bonchev–Trinajstić information content (AvgIpc) is 2.16. The molecule has 3 nitrogen and oxygen atoms in total. The van der Waals surface area contributed by atoms with Crippen molar-refractivity contribution in [3.8, 4) is 0 Å². The summed E-state index contributed by atoms with van der Waals surface area (Å²) >= 11 is 0. The van der Waals surface area contributed by atoms with Crippen molar-refractivity contribution in [3.63, 3.8) is 0 Å². The number of nitrogens with one attached hydrogen (secondary N) is 2. The van der Waals surface area contributed by atoms with Crippen LogP contribution in [-0.4, -0.2) is 19.0 Å². The van der Waals surface area contributed by atoms with E-state index in [2.05, 4.69) is 23.6 Å². The molecule has 0 aliphatic carbocycles. The Hall–Kier alpha value is -1.35. The first-order valence-electron chi connectivity index (χ1n) is 5.20. The molecule has 15 heavy (non-hydrogen) atoms. The van der Waals surface area contributed by atoms with Crippen molar-refractivity contribution in [3.05, 3.63) is 28.8 Å². The van der Waals surface area contributed by atoms with Gasteiger partial charge >= 0.3 is 0 Å². The molecule has 1 aromatic carbocycles. The summed E-state index contributed by atoms with van der Waals surface area (Å²) in [6.45, 7) is 4.14. The Morgan fingerprint density at radius 3 is 2.80 bits per heavy atom. The lowest BCUT2D eigenvalue weighted by molar-refractivity contribution is -0.118. The van der Waals surface area contributed by atoms with Crippen LogP contribution < -0.4 is 10.6 Å². The molecule has 0 saturated carbocycles. The predicted molar refractivity (Wildman–Crippen MR) is 61.1 cm³/mol. The standard InChI is InChI=1S/C12H16N2O/c1-7-4-8(2)9-6-11(13-3)12(15)14-10(9)5-7/h4-5,11,13H,6H2,1-3H3,(H,14,15). The van der Waals surface area contributed by atoms with E-state index in [9.17, 15) is 4.79 Å². The third-order valence-electron chi connectivity index (χ3n) is 2.95. The van der Waals surface area contributed by atoms with Crippen LogP contribution in [0.1, 0.15) is 16.7 Å². The maximum atomic E-state index is 11.6. The topological polar surface area (TPSA) is 41.1 Å². The van der Waals surface area contributed by atoms with E-state index in [1.165, 1.54) is 16.7 Å². The van der Waals surface area contributed by atoms with Gasteiger partial charge in [-0.3, -0.25) is 4.79 Å². The van der Waals surface area contributed by atoms with Crippen molar-refractivity contribution in [1.82, 2.24) is 5.32 Å². The van der Waals surface area contributed by atoms with Crippen LogP contribution in [0.15, 0.2) is 12.1 Å². The number of carbonyl (C=O) groups is 1. The zero-order chi connectivity index (χ0) is 11.0. The van der Waals surface area contributed by atoms with Gasteiger partial charge in [0.15, 0.2) is 0 Å². The van der Waals surface area contributed by atoms with Crippen molar-refractivity contribution >= 4 is 11.6 Å². The lowest BCUT2D eigenvalue weighted by Crippen LogP contribution is -2.43. The number of benzene rings is 1. The molecule has 2 rings (SSSR count). The van der Waals surface area contributed by atoms with Gasteiger partial charge in [0, 0.05) is 5.69 Å². The van der Waals surface area contributed by atoms with Crippen molar-refractivity contribution in [2.75, 3.05) is 12.4 Å². The van der Waals surface area contributed by atoms with Crippen LogP contribution in [-0.2, 0) is 11.2 Å². The number of aryl methyl sites for hydroxylation is 2.